The van der Waals surface area contributed by atoms with Crippen LogP contribution in [0.4, 0.5) is 19.1 Å². The predicted molar refractivity (Wildman–Crippen MR) is 61.1 cm³/mol. The second-order valence-electron chi connectivity index (χ2n) is 4.52. The van der Waals surface area contributed by atoms with E-state index in [2.05, 4.69) is 27.5 Å². The van der Waals surface area contributed by atoms with Crippen molar-refractivity contribution in [3.63, 3.8) is 0 Å². The number of nitrogens with zero attached hydrogens (tertiary/aromatic N) is 2. The SMILES string of the molecule is CC1CCC(Nc2ncc(C(F)(F)F)cn2)CN1. The van der Waals surface area contributed by atoms with E-state index in [9.17, 15) is 13.2 Å². The minimum atomic E-state index is -4.39. The van der Waals surface area contributed by atoms with E-state index in [4.69, 9.17) is 0 Å². The first-order chi connectivity index (χ1) is 8.45. The zero-order valence-electron chi connectivity index (χ0n) is 9.96. The van der Waals surface area contributed by atoms with E-state index in [-0.39, 0.29) is 12.0 Å². The van der Waals surface area contributed by atoms with E-state index >= 15 is 0 Å². The van der Waals surface area contributed by atoms with Crippen LogP contribution in [0.3, 0.4) is 0 Å². The fourth-order valence-corrected chi connectivity index (χ4v) is 1.85. The fraction of sp³-hybridized carbons (Fsp3) is 0.636. The van der Waals surface area contributed by atoms with Gasteiger partial charge in [-0.3, -0.25) is 0 Å². The number of hydrogen-bond donors (Lipinski definition) is 2. The van der Waals surface area contributed by atoms with Crippen LogP contribution in [0.1, 0.15) is 25.3 Å². The molecule has 0 spiro atoms. The van der Waals surface area contributed by atoms with Crippen LogP contribution in [0.5, 0.6) is 0 Å². The molecule has 1 aliphatic heterocycles. The van der Waals surface area contributed by atoms with Crippen molar-refractivity contribution >= 4 is 5.95 Å². The minimum absolute atomic E-state index is 0.165. The van der Waals surface area contributed by atoms with Crippen LogP contribution in [0, 0.1) is 0 Å². The lowest BCUT2D eigenvalue weighted by Crippen LogP contribution is -2.43. The average molecular weight is 260 g/mol. The summed E-state index contributed by atoms with van der Waals surface area (Å²) in [7, 11) is 0. The Hall–Kier alpha value is -1.37. The van der Waals surface area contributed by atoms with Gasteiger partial charge in [0.05, 0.1) is 5.56 Å². The van der Waals surface area contributed by atoms with Crippen molar-refractivity contribution in [1.82, 2.24) is 15.3 Å². The molecule has 1 aromatic heterocycles. The third-order valence-corrected chi connectivity index (χ3v) is 2.97. The van der Waals surface area contributed by atoms with Gasteiger partial charge >= 0.3 is 6.18 Å². The average Bonchev–Trinajstić information content (AvgIpc) is 2.32. The van der Waals surface area contributed by atoms with Gasteiger partial charge in [0.2, 0.25) is 5.95 Å². The normalized spacial score (nSPS) is 24.9. The highest BCUT2D eigenvalue weighted by molar-refractivity contribution is 5.27. The molecular weight excluding hydrogens is 245 g/mol. The Bertz CT molecular complexity index is 382. The van der Waals surface area contributed by atoms with Gasteiger partial charge in [0, 0.05) is 31.0 Å². The second kappa shape index (κ2) is 5.09. The van der Waals surface area contributed by atoms with Gasteiger partial charge in [0.1, 0.15) is 0 Å². The summed E-state index contributed by atoms with van der Waals surface area (Å²) >= 11 is 0. The summed E-state index contributed by atoms with van der Waals surface area (Å²) < 4.78 is 36.9. The Labute approximate surface area is 103 Å². The minimum Gasteiger partial charge on any atom is -0.350 e. The Kier molecular flexibility index (Phi) is 3.70. The van der Waals surface area contributed by atoms with Gasteiger partial charge < -0.3 is 10.6 Å². The predicted octanol–water partition coefficient (Wildman–Crippen LogP) is 2.05. The molecule has 2 N–H and O–H groups in total. The maximum absolute atomic E-state index is 12.3. The van der Waals surface area contributed by atoms with Crippen LogP contribution in [0.25, 0.3) is 0 Å². The third-order valence-electron chi connectivity index (χ3n) is 2.97. The van der Waals surface area contributed by atoms with Crippen molar-refractivity contribution in [3.05, 3.63) is 18.0 Å². The molecule has 4 nitrogen and oxygen atoms in total. The first-order valence-corrected chi connectivity index (χ1v) is 5.84. The number of rotatable bonds is 2. The summed E-state index contributed by atoms with van der Waals surface area (Å²) in [6.45, 7) is 2.87. The Balaban J connectivity index is 1.94. The maximum atomic E-state index is 12.3. The summed E-state index contributed by atoms with van der Waals surface area (Å²) in [6.07, 6.45) is -0.806. The number of aromatic nitrogens is 2. The van der Waals surface area contributed by atoms with Crippen LogP contribution >= 0.6 is 0 Å². The Morgan fingerprint density at radius 2 is 1.94 bits per heavy atom. The summed E-state index contributed by atoms with van der Waals surface area (Å²) in [5.41, 5.74) is -0.830. The summed E-state index contributed by atoms with van der Waals surface area (Å²) in [6, 6.07) is 0.648. The molecule has 7 heteroatoms. The quantitative estimate of drug-likeness (QED) is 0.854. The van der Waals surface area contributed by atoms with Crippen molar-refractivity contribution < 1.29 is 13.2 Å². The summed E-state index contributed by atoms with van der Waals surface area (Å²) in [4.78, 5) is 7.38. The van der Waals surface area contributed by atoms with Crippen LogP contribution in [0.15, 0.2) is 12.4 Å². The van der Waals surface area contributed by atoms with Crippen LogP contribution < -0.4 is 10.6 Å². The van der Waals surface area contributed by atoms with Crippen LogP contribution in [-0.4, -0.2) is 28.6 Å². The maximum Gasteiger partial charge on any atom is 0.419 e. The summed E-state index contributed by atoms with van der Waals surface area (Å²) in [5, 5.41) is 6.32. The van der Waals surface area contributed by atoms with Crippen molar-refractivity contribution in [3.8, 4) is 0 Å². The number of anilines is 1. The third kappa shape index (κ3) is 3.32. The molecule has 2 unspecified atom stereocenters. The summed E-state index contributed by atoms with van der Waals surface area (Å²) in [5.74, 6) is 0.240. The van der Waals surface area contributed by atoms with Crippen molar-refractivity contribution in [2.24, 2.45) is 0 Å². The molecule has 2 heterocycles. The standard InChI is InChI=1S/C11H15F3N4/c1-7-2-3-9(6-15-7)18-10-16-4-8(5-17-10)11(12,13)14/h4-5,7,9,15H,2-3,6H2,1H3,(H,16,17,18). The molecule has 1 aliphatic rings. The molecule has 1 saturated heterocycles. The van der Waals surface area contributed by atoms with Crippen molar-refractivity contribution in [2.45, 2.75) is 38.0 Å². The number of halogens is 3. The molecule has 0 amide bonds. The van der Waals surface area contributed by atoms with Gasteiger partial charge in [-0.15, -0.1) is 0 Å². The lowest BCUT2D eigenvalue weighted by molar-refractivity contribution is -0.138. The Morgan fingerprint density at radius 3 is 2.44 bits per heavy atom. The van der Waals surface area contributed by atoms with Crippen molar-refractivity contribution in [1.29, 1.82) is 0 Å². The van der Waals surface area contributed by atoms with E-state index in [0.717, 1.165) is 31.8 Å². The van der Waals surface area contributed by atoms with Crippen LogP contribution in [0.2, 0.25) is 0 Å². The highest BCUT2D eigenvalue weighted by Crippen LogP contribution is 2.28. The molecule has 18 heavy (non-hydrogen) atoms. The first kappa shape index (κ1) is 13.1. The lowest BCUT2D eigenvalue weighted by atomic mass is 10.0. The molecule has 1 fully saturated rings. The highest BCUT2D eigenvalue weighted by atomic mass is 19.4. The molecule has 2 rings (SSSR count). The molecule has 100 valence electrons. The van der Waals surface area contributed by atoms with E-state index < -0.39 is 11.7 Å². The molecule has 0 radical (unpaired) electrons. The van der Waals surface area contributed by atoms with Gasteiger partial charge in [-0.05, 0) is 19.8 Å². The lowest BCUT2D eigenvalue weighted by Gasteiger charge is -2.28. The molecule has 0 saturated carbocycles. The van der Waals surface area contributed by atoms with Gasteiger partial charge in [0.25, 0.3) is 0 Å². The zero-order valence-corrected chi connectivity index (χ0v) is 9.96. The van der Waals surface area contributed by atoms with Crippen LogP contribution in [-0.2, 0) is 6.18 Å². The topological polar surface area (TPSA) is 49.8 Å². The molecule has 1 aromatic rings. The highest BCUT2D eigenvalue weighted by Gasteiger charge is 2.31. The van der Waals surface area contributed by atoms with Gasteiger partial charge in [-0.25, -0.2) is 9.97 Å². The number of alkyl halides is 3. The number of nitrogens with one attached hydrogen (secondary N) is 2. The second-order valence-corrected chi connectivity index (χ2v) is 4.52. The number of hydrogen-bond acceptors (Lipinski definition) is 4. The monoisotopic (exact) mass is 260 g/mol. The Morgan fingerprint density at radius 1 is 1.28 bits per heavy atom. The van der Waals surface area contributed by atoms with Gasteiger partial charge in [0.15, 0.2) is 0 Å². The molecule has 2 atom stereocenters. The van der Waals surface area contributed by atoms with Crippen molar-refractivity contribution in [2.75, 3.05) is 11.9 Å². The number of piperidine rings is 1. The first-order valence-electron chi connectivity index (χ1n) is 5.84. The van der Waals surface area contributed by atoms with Gasteiger partial charge in [-0.2, -0.15) is 13.2 Å². The zero-order chi connectivity index (χ0) is 13.2. The fourth-order valence-electron chi connectivity index (χ4n) is 1.85. The van der Waals surface area contributed by atoms with E-state index in [1.807, 2.05) is 0 Å². The molecule has 0 aliphatic carbocycles. The largest absolute Gasteiger partial charge is 0.419 e. The smallest absolute Gasteiger partial charge is 0.350 e. The molecular formula is C11H15F3N4. The van der Waals surface area contributed by atoms with E-state index in [0.29, 0.717) is 6.04 Å². The molecule has 0 bridgehead atoms. The molecule has 0 aromatic carbocycles. The van der Waals surface area contributed by atoms with E-state index in [1.165, 1.54) is 0 Å². The van der Waals surface area contributed by atoms with E-state index in [1.54, 1.807) is 0 Å². The van der Waals surface area contributed by atoms with Gasteiger partial charge in [-0.1, -0.05) is 0 Å².